The number of halogens is 6. The van der Waals surface area contributed by atoms with Gasteiger partial charge in [0.05, 0.1) is 27.8 Å². The number of fused-ring (bicyclic) bond motifs is 1. The molecule has 1 aliphatic heterocycles. The number of nitrogens with zero attached hydrogens (tertiary/aromatic N) is 2. The van der Waals surface area contributed by atoms with Gasteiger partial charge in [-0.05, 0) is 35.9 Å². The molecule has 0 spiro atoms. The number of carbonyl (C=O) groups excluding carboxylic acids is 2. The number of nitrogens with one attached hydrogen (secondary N) is 1. The highest BCUT2D eigenvalue weighted by molar-refractivity contribution is 6.31. The van der Waals surface area contributed by atoms with Gasteiger partial charge in [0.1, 0.15) is 11.6 Å². The zero-order valence-electron chi connectivity index (χ0n) is 17.2. The normalized spacial score (nSPS) is 13.0. The molecule has 0 aliphatic carbocycles. The monoisotopic (exact) mass is 511 g/mol. The maximum absolute atomic E-state index is 14.1. The van der Waals surface area contributed by atoms with Crippen LogP contribution < -0.4 is 15.1 Å². The van der Waals surface area contributed by atoms with E-state index in [1.54, 1.807) is 0 Å². The second kappa shape index (κ2) is 9.52. The lowest BCUT2D eigenvalue weighted by Gasteiger charge is -2.36. The van der Waals surface area contributed by atoms with Crippen LogP contribution in [0.25, 0.3) is 0 Å². The average molecular weight is 512 g/mol. The molecule has 0 aromatic heterocycles. The molecule has 1 aliphatic rings. The summed E-state index contributed by atoms with van der Waals surface area (Å²) in [5.74, 6) is -4.20. The summed E-state index contributed by atoms with van der Waals surface area (Å²) in [7, 11) is 0. The van der Waals surface area contributed by atoms with Gasteiger partial charge in [-0.1, -0.05) is 29.3 Å². The molecule has 0 saturated carbocycles. The topological polar surface area (TPSA) is 52.7 Å². The van der Waals surface area contributed by atoms with E-state index in [0.717, 1.165) is 29.2 Å². The van der Waals surface area contributed by atoms with Crippen LogP contribution in [0.4, 0.5) is 39.4 Å². The van der Waals surface area contributed by atoms with Crippen molar-refractivity contribution in [1.82, 2.24) is 0 Å². The largest absolute Gasteiger partial charge is 0.326 e. The molecule has 176 valence electrons. The third kappa shape index (κ3) is 4.80. The summed E-state index contributed by atoms with van der Waals surface area (Å²) in [5.41, 5.74) is 0.554. The fourth-order valence-electron chi connectivity index (χ4n) is 3.55. The quantitative estimate of drug-likeness (QED) is 0.427. The third-order valence-corrected chi connectivity index (χ3v) is 5.78. The molecule has 34 heavy (non-hydrogen) atoms. The van der Waals surface area contributed by atoms with Crippen molar-refractivity contribution in [2.45, 2.75) is 6.42 Å². The minimum absolute atomic E-state index is 0.0179. The molecule has 5 nitrogen and oxygen atoms in total. The molecule has 0 bridgehead atoms. The van der Waals surface area contributed by atoms with Crippen LogP contribution in [0.3, 0.4) is 0 Å². The van der Waals surface area contributed by atoms with E-state index in [2.05, 4.69) is 5.32 Å². The van der Waals surface area contributed by atoms with E-state index in [9.17, 15) is 27.2 Å². The van der Waals surface area contributed by atoms with Crippen LogP contribution in [-0.2, 0) is 11.2 Å². The predicted octanol–water partition coefficient (Wildman–Crippen LogP) is 6.18. The van der Waals surface area contributed by atoms with Gasteiger partial charge in [0.2, 0.25) is 5.91 Å². The molecule has 0 saturated heterocycles. The Morgan fingerprint density at radius 3 is 1.94 bits per heavy atom. The van der Waals surface area contributed by atoms with Crippen molar-refractivity contribution in [2.24, 2.45) is 0 Å². The van der Waals surface area contributed by atoms with Crippen LogP contribution in [0.15, 0.2) is 48.5 Å². The average Bonchev–Trinajstić information content (AvgIpc) is 2.79. The van der Waals surface area contributed by atoms with Crippen molar-refractivity contribution in [1.29, 1.82) is 0 Å². The van der Waals surface area contributed by atoms with Gasteiger partial charge in [-0.3, -0.25) is 9.69 Å². The van der Waals surface area contributed by atoms with Crippen LogP contribution in [0.2, 0.25) is 10.0 Å². The summed E-state index contributed by atoms with van der Waals surface area (Å²) in [4.78, 5) is 28.2. The molecule has 0 radical (unpaired) electrons. The second-order valence-electron chi connectivity index (χ2n) is 7.44. The van der Waals surface area contributed by atoms with E-state index in [1.807, 2.05) is 0 Å². The lowest BCUT2D eigenvalue weighted by Crippen LogP contribution is -2.48. The summed E-state index contributed by atoms with van der Waals surface area (Å²) < 4.78 is 55.0. The molecule has 3 amide bonds. The second-order valence-corrected chi connectivity index (χ2v) is 8.25. The first-order valence-corrected chi connectivity index (χ1v) is 10.7. The molecule has 11 heteroatoms. The number of benzene rings is 3. The van der Waals surface area contributed by atoms with Crippen molar-refractivity contribution < 1.29 is 27.2 Å². The molecule has 3 aromatic carbocycles. The zero-order valence-corrected chi connectivity index (χ0v) is 18.7. The van der Waals surface area contributed by atoms with Crippen LogP contribution >= 0.6 is 23.2 Å². The van der Waals surface area contributed by atoms with Gasteiger partial charge < -0.3 is 10.2 Å². The summed E-state index contributed by atoms with van der Waals surface area (Å²) >= 11 is 11.5. The first-order valence-electron chi connectivity index (χ1n) is 9.91. The van der Waals surface area contributed by atoms with Crippen LogP contribution in [-0.4, -0.2) is 25.0 Å². The molecular weight excluding hydrogens is 497 g/mol. The Morgan fingerprint density at radius 1 is 0.765 bits per heavy atom. The SMILES string of the molecule is O=C(Cc1ccc(F)c(Cl)c1)N1CCN(C(=O)Nc2ccc(F)c(Cl)c2)c2cc(F)c(F)cc21. The van der Waals surface area contributed by atoms with E-state index in [1.165, 1.54) is 29.2 Å². The Kier molecular flexibility index (Phi) is 6.67. The number of amides is 3. The Labute approximate surface area is 201 Å². The van der Waals surface area contributed by atoms with Crippen molar-refractivity contribution in [3.05, 3.63) is 87.4 Å². The fourth-order valence-corrected chi connectivity index (χ4v) is 3.94. The summed E-state index contributed by atoms with van der Waals surface area (Å²) in [6.45, 7) is -0.0713. The molecule has 1 heterocycles. The van der Waals surface area contributed by atoms with Crippen LogP contribution in [0.5, 0.6) is 0 Å². The maximum atomic E-state index is 14.1. The number of rotatable bonds is 3. The van der Waals surface area contributed by atoms with E-state index in [0.29, 0.717) is 5.56 Å². The number of anilines is 3. The van der Waals surface area contributed by atoms with Gasteiger partial charge in [0.15, 0.2) is 11.6 Å². The predicted molar refractivity (Wildman–Crippen MR) is 122 cm³/mol. The Morgan fingerprint density at radius 2 is 1.32 bits per heavy atom. The highest BCUT2D eigenvalue weighted by Crippen LogP contribution is 2.36. The van der Waals surface area contributed by atoms with E-state index in [-0.39, 0.29) is 46.6 Å². The highest BCUT2D eigenvalue weighted by atomic mass is 35.5. The highest BCUT2D eigenvalue weighted by Gasteiger charge is 2.32. The number of carbonyl (C=O) groups is 2. The summed E-state index contributed by atoms with van der Waals surface area (Å²) in [6.07, 6.45) is -0.182. The third-order valence-electron chi connectivity index (χ3n) is 5.20. The standard InChI is InChI=1S/C23H15Cl2F4N3O2/c24-14-7-12(1-3-16(14)26)8-22(33)31-5-6-32(21-11-19(29)18(28)10-20(21)31)23(34)30-13-2-4-17(27)15(25)9-13/h1-4,7,9-11H,5-6,8H2,(H,30,34). The van der Waals surface area contributed by atoms with Crippen LogP contribution in [0, 0.1) is 23.3 Å². The van der Waals surface area contributed by atoms with E-state index in [4.69, 9.17) is 23.2 Å². The number of hydrogen-bond donors (Lipinski definition) is 1. The lowest BCUT2D eigenvalue weighted by molar-refractivity contribution is -0.118. The smallest absolute Gasteiger partial charge is 0.308 e. The first kappa shape index (κ1) is 23.8. The van der Waals surface area contributed by atoms with Crippen molar-refractivity contribution >= 4 is 52.2 Å². The fraction of sp³-hybridized carbons (Fsp3) is 0.130. The molecular formula is C23H15Cl2F4N3O2. The van der Waals surface area contributed by atoms with Crippen molar-refractivity contribution in [3.63, 3.8) is 0 Å². The summed E-state index contributed by atoms with van der Waals surface area (Å²) in [6, 6.07) is 8.31. The molecule has 0 fully saturated rings. The lowest BCUT2D eigenvalue weighted by atomic mass is 10.1. The van der Waals surface area contributed by atoms with E-state index >= 15 is 0 Å². The number of urea groups is 1. The van der Waals surface area contributed by atoms with Crippen molar-refractivity contribution in [2.75, 3.05) is 28.2 Å². The Hall–Kier alpha value is -3.30. The molecule has 0 atom stereocenters. The molecule has 0 unspecified atom stereocenters. The number of hydrogen-bond acceptors (Lipinski definition) is 2. The van der Waals surface area contributed by atoms with Crippen molar-refractivity contribution in [3.8, 4) is 0 Å². The first-order chi connectivity index (χ1) is 16.1. The Balaban J connectivity index is 1.61. The minimum Gasteiger partial charge on any atom is -0.308 e. The van der Waals surface area contributed by atoms with Gasteiger partial charge in [-0.15, -0.1) is 0 Å². The summed E-state index contributed by atoms with van der Waals surface area (Å²) in [5, 5.41) is 2.16. The molecule has 4 rings (SSSR count). The van der Waals surface area contributed by atoms with Crippen LogP contribution in [0.1, 0.15) is 5.56 Å². The molecule has 1 N–H and O–H groups in total. The van der Waals surface area contributed by atoms with Gasteiger partial charge in [-0.2, -0.15) is 0 Å². The maximum Gasteiger partial charge on any atom is 0.326 e. The Bertz CT molecular complexity index is 1210. The van der Waals surface area contributed by atoms with Gasteiger partial charge in [0, 0.05) is 30.9 Å². The van der Waals surface area contributed by atoms with Gasteiger partial charge >= 0.3 is 6.03 Å². The molecule has 3 aromatic rings. The minimum atomic E-state index is -1.21. The van der Waals surface area contributed by atoms with Gasteiger partial charge in [-0.25, -0.2) is 22.4 Å². The zero-order chi connectivity index (χ0) is 24.6. The van der Waals surface area contributed by atoms with E-state index < -0.39 is 35.2 Å². The van der Waals surface area contributed by atoms with Gasteiger partial charge in [0.25, 0.3) is 0 Å².